The van der Waals surface area contributed by atoms with E-state index in [0.29, 0.717) is 11.0 Å². The zero-order valence-corrected chi connectivity index (χ0v) is 17.2. The van der Waals surface area contributed by atoms with Crippen molar-refractivity contribution >= 4 is 13.9 Å². The number of hydrogen-bond acceptors (Lipinski definition) is 6. The Bertz CT molecular complexity index is 842. The minimum absolute atomic E-state index is 0.129. The van der Waals surface area contributed by atoms with Crippen molar-refractivity contribution in [2.24, 2.45) is 0 Å². The second-order valence-electron chi connectivity index (χ2n) is 6.80. The number of aliphatic hydroxyl groups is 3. The topological polar surface area (TPSA) is 114 Å². The number of alkyl halides is 3. The van der Waals surface area contributed by atoms with Crippen LogP contribution in [0, 0.1) is 11.6 Å². The maximum atomic E-state index is 13.9. The number of hydrogen-bond donors (Lipinski definition) is 4. The standard InChI is InChI=1S/C17H22F5N2O6P/c1-10(8-25)30-31(29,9-26)24-7-13(17(20,21)22)15(27)23(16(24)28)5-4-11-2-3-12(18)6-14(11)19/h2-3,6-7,10,15,25-27,29,31H,4-5,8-9H2,1H3. The van der Waals surface area contributed by atoms with Crippen molar-refractivity contribution in [2.45, 2.75) is 31.9 Å². The van der Waals surface area contributed by atoms with Gasteiger partial charge in [0.25, 0.3) is 0 Å². The fourth-order valence-corrected chi connectivity index (χ4v) is 4.68. The molecule has 2 unspecified atom stereocenters. The van der Waals surface area contributed by atoms with Crippen molar-refractivity contribution in [3.8, 4) is 0 Å². The van der Waals surface area contributed by atoms with Crippen LogP contribution in [-0.2, 0) is 10.9 Å². The molecule has 1 aromatic carbocycles. The Morgan fingerprint density at radius 3 is 2.42 bits per heavy atom. The zero-order valence-electron chi connectivity index (χ0n) is 16.2. The van der Waals surface area contributed by atoms with Gasteiger partial charge in [0, 0.05) is 0 Å². The van der Waals surface area contributed by atoms with Crippen LogP contribution in [-0.4, -0.2) is 73.8 Å². The van der Waals surface area contributed by atoms with Crippen LogP contribution in [0.4, 0.5) is 26.7 Å². The average molecular weight is 476 g/mol. The predicted molar refractivity (Wildman–Crippen MR) is 99.4 cm³/mol. The van der Waals surface area contributed by atoms with E-state index >= 15 is 0 Å². The third-order valence-electron chi connectivity index (χ3n) is 4.49. The van der Waals surface area contributed by atoms with Crippen LogP contribution in [0.5, 0.6) is 0 Å². The van der Waals surface area contributed by atoms with Crippen molar-refractivity contribution in [1.29, 1.82) is 0 Å². The number of benzene rings is 1. The molecule has 0 aromatic heterocycles. The van der Waals surface area contributed by atoms with Crippen molar-refractivity contribution in [3.05, 3.63) is 47.2 Å². The first-order valence-corrected chi connectivity index (χ1v) is 11.0. The van der Waals surface area contributed by atoms with Crippen LogP contribution in [0.2, 0.25) is 0 Å². The Morgan fingerprint density at radius 1 is 1.26 bits per heavy atom. The summed E-state index contributed by atoms with van der Waals surface area (Å²) in [5.41, 5.74) is -1.76. The molecule has 0 saturated heterocycles. The molecular formula is C17H22F5N2O6P. The molecule has 8 nitrogen and oxygen atoms in total. The maximum absolute atomic E-state index is 13.9. The van der Waals surface area contributed by atoms with Crippen LogP contribution in [0.1, 0.15) is 12.5 Å². The third-order valence-corrected chi connectivity index (χ3v) is 6.75. The summed E-state index contributed by atoms with van der Waals surface area (Å²) in [6.45, 7) is -0.0539. The molecule has 0 fully saturated rings. The van der Waals surface area contributed by atoms with Gasteiger partial charge in [-0.05, 0) is 0 Å². The van der Waals surface area contributed by atoms with E-state index in [2.05, 4.69) is 0 Å². The van der Waals surface area contributed by atoms with Gasteiger partial charge in [-0.15, -0.1) is 0 Å². The second-order valence-corrected chi connectivity index (χ2v) is 9.32. The van der Waals surface area contributed by atoms with Gasteiger partial charge in [-0.2, -0.15) is 0 Å². The summed E-state index contributed by atoms with van der Waals surface area (Å²) in [5.74, 6) is -1.87. The van der Waals surface area contributed by atoms with Crippen LogP contribution in [0.3, 0.4) is 0 Å². The Labute approximate surface area is 174 Å². The summed E-state index contributed by atoms with van der Waals surface area (Å²) >= 11 is 0. The molecule has 1 aromatic rings. The molecule has 2 atom stereocenters. The van der Waals surface area contributed by atoms with Gasteiger partial charge in [-0.1, -0.05) is 0 Å². The molecular weight excluding hydrogens is 454 g/mol. The number of carbonyl (C=O) groups excluding carboxylic acids is 1. The first kappa shape index (κ1) is 25.4. The van der Waals surface area contributed by atoms with Gasteiger partial charge in [0.1, 0.15) is 0 Å². The first-order valence-electron chi connectivity index (χ1n) is 8.96. The van der Waals surface area contributed by atoms with E-state index in [9.17, 15) is 41.9 Å². The second kappa shape index (κ2) is 9.72. The fourth-order valence-electron chi connectivity index (χ4n) is 2.85. The summed E-state index contributed by atoms with van der Waals surface area (Å²) in [7, 11) is -4.76. The molecule has 4 N–H and O–H groups in total. The van der Waals surface area contributed by atoms with Crippen LogP contribution in [0.15, 0.2) is 30.0 Å². The van der Waals surface area contributed by atoms with E-state index in [0.717, 1.165) is 12.1 Å². The third kappa shape index (κ3) is 5.68. The average Bonchev–Trinajstić information content (AvgIpc) is 2.67. The minimum atomic E-state index is -5.13. The predicted octanol–water partition coefficient (Wildman–Crippen LogP) is 1.84. The molecule has 31 heavy (non-hydrogen) atoms. The van der Waals surface area contributed by atoms with Crippen molar-refractivity contribution in [3.63, 3.8) is 0 Å². The zero-order chi connectivity index (χ0) is 23.6. The van der Waals surface area contributed by atoms with E-state index in [1.54, 1.807) is 0 Å². The number of rotatable bonds is 8. The molecule has 14 heteroatoms. The molecule has 0 radical (unpaired) electrons. The van der Waals surface area contributed by atoms with Gasteiger partial charge in [0.2, 0.25) is 0 Å². The molecule has 176 valence electrons. The molecule has 1 aliphatic rings. The molecule has 0 aliphatic carbocycles. The monoisotopic (exact) mass is 476 g/mol. The van der Waals surface area contributed by atoms with E-state index in [1.165, 1.54) is 6.92 Å². The van der Waals surface area contributed by atoms with Crippen LogP contribution < -0.4 is 0 Å². The SMILES string of the molecule is CC(CO)O[PH](O)(CO)N1C=C(C(F)(F)F)C(O)N(CCc2ccc(F)cc2F)C1=O. The summed E-state index contributed by atoms with van der Waals surface area (Å²) in [6, 6.07) is 1.17. The van der Waals surface area contributed by atoms with Crippen LogP contribution in [0.25, 0.3) is 0 Å². The molecule has 1 heterocycles. The van der Waals surface area contributed by atoms with Gasteiger partial charge in [-0.3, -0.25) is 0 Å². The fraction of sp³-hybridized carbons (Fsp3) is 0.471. The van der Waals surface area contributed by atoms with Crippen molar-refractivity contribution < 1.29 is 51.5 Å². The van der Waals surface area contributed by atoms with E-state index in [-0.39, 0.29) is 22.9 Å². The summed E-state index contributed by atoms with van der Waals surface area (Å²) < 4.78 is 72.5. The number of nitrogens with zero attached hydrogens (tertiary/aromatic N) is 2. The molecule has 0 bridgehead atoms. The van der Waals surface area contributed by atoms with E-state index in [1.807, 2.05) is 0 Å². The van der Waals surface area contributed by atoms with Gasteiger partial charge < -0.3 is 0 Å². The quantitative estimate of drug-likeness (QED) is 0.337. The summed E-state index contributed by atoms with van der Waals surface area (Å²) in [6.07, 6.45) is -10.2. The molecule has 1 aliphatic heterocycles. The van der Waals surface area contributed by atoms with Gasteiger partial charge in [0.15, 0.2) is 0 Å². The van der Waals surface area contributed by atoms with E-state index < -0.39 is 69.1 Å². The summed E-state index contributed by atoms with van der Waals surface area (Å²) in [5, 5.41) is 28.8. The number of amides is 2. The molecule has 2 rings (SSSR count). The van der Waals surface area contributed by atoms with E-state index in [4.69, 9.17) is 9.63 Å². The molecule has 2 amide bonds. The number of aliphatic hydroxyl groups excluding tert-OH is 3. The number of halogens is 5. The Morgan fingerprint density at radius 2 is 1.90 bits per heavy atom. The molecule has 0 spiro atoms. The van der Waals surface area contributed by atoms with Crippen LogP contribution >= 0.6 is 7.87 Å². The van der Waals surface area contributed by atoms with Crippen molar-refractivity contribution in [1.82, 2.24) is 9.57 Å². The van der Waals surface area contributed by atoms with Crippen molar-refractivity contribution in [2.75, 3.05) is 19.5 Å². The number of urea groups is 1. The van der Waals surface area contributed by atoms with Gasteiger partial charge in [0.05, 0.1) is 0 Å². The Kier molecular flexibility index (Phi) is 7.95. The number of carbonyl (C=O) groups is 1. The Hall–Kier alpha value is -1.89. The molecule has 0 saturated carbocycles. The summed E-state index contributed by atoms with van der Waals surface area (Å²) in [4.78, 5) is 23.7. The van der Waals surface area contributed by atoms with Gasteiger partial charge >= 0.3 is 173 Å². The normalized spacial score (nSPS) is 19.5. The van der Waals surface area contributed by atoms with Gasteiger partial charge in [-0.25, -0.2) is 0 Å². The first-order chi connectivity index (χ1) is 14.3. The Balaban J connectivity index is 2.40.